The monoisotopic (exact) mass is 413 g/mol. The molecule has 0 saturated carbocycles. The average molecular weight is 414 g/mol. The number of amides is 1. The van der Waals surface area contributed by atoms with Crippen molar-refractivity contribution in [1.82, 2.24) is 4.31 Å². The molecule has 6 nitrogen and oxygen atoms in total. The average Bonchev–Trinajstić information content (AvgIpc) is 3.18. The van der Waals surface area contributed by atoms with E-state index in [0.717, 1.165) is 44.5 Å². The highest BCUT2D eigenvalue weighted by molar-refractivity contribution is 7.89. The van der Waals surface area contributed by atoms with Crippen LogP contribution in [-0.2, 0) is 14.8 Å². The molecule has 0 bridgehead atoms. The summed E-state index contributed by atoms with van der Waals surface area (Å²) in [5, 5.41) is 3.50. The van der Waals surface area contributed by atoms with Crippen LogP contribution in [0.3, 0.4) is 0 Å². The Balaban J connectivity index is 1.56. The highest BCUT2D eigenvalue weighted by atomic mass is 35.5. The minimum absolute atomic E-state index is 0.0228. The molecular formula is C19H28ClN3O3S. The fourth-order valence-electron chi connectivity index (χ4n) is 3.74. The van der Waals surface area contributed by atoms with Gasteiger partial charge >= 0.3 is 0 Å². The molecule has 0 aromatic heterocycles. The highest BCUT2D eigenvalue weighted by Gasteiger charge is 2.25. The molecule has 2 saturated heterocycles. The topological polar surface area (TPSA) is 69.7 Å². The van der Waals surface area contributed by atoms with Crippen LogP contribution in [0.15, 0.2) is 18.2 Å². The first-order chi connectivity index (χ1) is 13.0. The predicted molar refractivity (Wildman–Crippen MR) is 110 cm³/mol. The molecule has 0 spiro atoms. The number of anilines is 2. The number of rotatable bonds is 7. The van der Waals surface area contributed by atoms with Gasteiger partial charge in [-0.15, -0.1) is 0 Å². The van der Waals surface area contributed by atoms with E-state index in [1.165, 1.54) is 10.7 Å². The smallest absolute Gasteiger partial charge is 0.224 e. The molecule has 1 aromatic rings. The lowest BCUT2D eigenvalue weighted by molar-refractivity contribution is -0.116. The van der Waals surface area contributed by atoms with Crippen LogP contribution in [0.5, 0.6) is 0 Å². The SMILES string of the molecule is O=C(CCCS(=O)(=O)N1CCCC1)Nc1cc(Cl)ccc1N1CCCCC1. The van der Waals surface area contributed by atoms with E-state index in [1.807, 2.05) is 12.1 Å². The van der Waals surface area contributed by atoms with Crippen LogP contribution < -0.4 is 10.2 Å². The van der Waals surface area contributed by atoms with Crippen molar-refractivity contribution in [2.24, 2.45) is 0 Å². The van der Waals surface area contributed by atoms with Crippen molar-refractivity contribution in [2.45, 2.75) is 44.9 Å². The summed E-state index contributed by atoms with van der Waals surface area (Å²) in [4.78, 5) is 14.7. The maximum Gasteiger partial charge on any atom is 0.224 e. The number of halogens is 1. The van der Waals surface area contributed by atoms with E-state index in [4.69, 9.17) is 11.6 Å². The molecule has 3 rings (SSSR count). The van der Waals surface area contributed by atoms with Gasteiger partial charge in [0.2, 0.25) is 15.9 Å². The lowest BCUT2D eigenvalue weighted by Crippen LogP contribution is -2.31. The third-order valence-electron chi connectivity index (χ3n) is 5.19. The largest absolute Gasteiger partial charge is 0.370 e. The van der Waals surface area contributed by atoms with E-state index in [-0.39, 0.29) is 18.1 Å². The van der Waals surface area contributed by atoms with Crippen LogP contribution in [0.2, 0.25) is 5.02 Å². The third-order valence-corrected chi connectivity index (χ3v) is 7.39. The summed E-state index contributed by atoms with van der Waals surface area (Å²) in [5.74, 6) is -0.151. The Morgan fingerprint density at radius 3 is 2.41 bits per heavy atom. The zero-order chi connectivity index (χ0) is 19.3. The van der Waals surface area contributed by atoms with Crippen LogP contribution >= 0.6 is 11.6 Å². The van der Waals surface area contributed by atoms with Gasteiger partial charge in [0.05, 0.1) is 17.1 Å². The Bertz CT molecular complexity index is 757. The van der Waals surface area contributed by atoms with Crippen molar-refractivity contribution in [3.8, 4) is 0 Å². The highest BCUT2D eigenvalue weighted by Crippen LogP contribution is 2.31. The number of carbonyl (C=O) groups excluding carboxylic acids is 1. The van der Waals surface area contributed by atoms with Crippen LogP contribution in [0, 0.1) is 0 Å². The number of nitrogens with one attached hydrogen (secondary N) is 1. The quantitative estimate of drug-likeness (QED) is 0.742. The molecule has 2 aliphatic heterocycles. The van der Waals surface area contributed by atoms with Crippen LogP contribution in [-0.4, -0.2) is 50.6 Å². The second-order valence-electron chi connectivity index (χ2n) is 7.28. The Hall–Kier alpha value is -1.31. The molecule has 1 aromatic carbocycles. The molecule has 1 N–H and O–H groups in total. The minimum atomic E-state index is -3.24. The number of sulfonamides is 1. The first-order valence-electron chi connectivity index (χ1n) is 9.78. The molecule has 1 amide bonds. The van der Waals surface area contributed by atoms with Crippen molar-refractivity contribution in [1.29, 1.82) is 0 Å². The molecule has 150 valence electrons. The van der Waals surface area contributed by atoms with Gasteiger partial charge in [0, 0.05) is 37.6 Å². The van der Waals surface area contributed by atoms with Crippen molar-refractivity contribution in [3.63, 3.8) is 0 Å². The molecule has 0 unspecified atom stereocenters. The van der Waals surface area contributed by atoms with E-state index >= 15 is 0 Å². The Kier molecular flexibility index (Phi) is 7.00. The van der Waals surface area contributed by atoms with E-state index in [0.29, 0.717) is 30.2 Å². The number of hydrogen-bond donors (Lipinski definition) is 1. The van der Waals surface area contributed by atoms with Gasteiger partial charge in [-0.25, -0.2) is 12.7 Å². The Morgan fingerprint density at radius 1 is 1.04 bits per heavy atom. The fraction of sp³-hybridized carbons (Fsp3) is 0.632. The predicted octanol–water partition coefficient (Wildman–Crippen LogP) is 3.47. The Morgan fingerprint density at radius 2 is 1.70 bits per heavy atom. The molecule has 2 aliphatic rings. The summed E-state index contributed by atoms with van der Waals surface area (Å²) in [6.07, 6.45) is 5.87. The van der Waals surface area contributed by atoms with Crippen molar-refractivity contribution >= 4 is 38.9 Å². The third kappa shape index (κ3) is 5.59. The Labute approximate surface area is 166 Å². The zero-order valence-corrected chi connectivity index (χ0v) is 17.2. The number of hydrogen-bond acceptors (Lipinski definition) is 4. The van der Waals surface area contributed by atoms with Crippen molar-refractivity contribution < 1.29 is 13.2 Å². The maximum atomic E-state index is 12.4. The zero-order valence-electron chi connectivity index (χ0n) is 15.6. The molecule has 27 heavy (non-hydrogen) atoms. The molecule has 0 atom stereocenters. The van der Waals surface area contributed by atoms with E-state index in [9.17, 15) is 13.2 Å². The van der Waals surface area contributed by atoms with Gasteiger partial charge in [-0.3, -0.25) is 4.79 Å². The van der Waals surface area contributed by atoms with Gasteiger partial charge in [0.25, 0.3) is 0 Å². The van der Waals surface area contributed by atoms with E-state index < -0.39 is 10.0 Å². The number of nitrogens with zero attached hydrogens (tertiary/aromatic N) is 2. The lowest BCUT2D eigenvalue weighted by Gasteiger charge is -2.30. The number of benzene rings is 1. The summed E-state index contributed by atoms with van der Waals surface area (Å²) in [5.41, 5.74) is 1.69. The number of carbonyl (C=O) groups is 1. The lowest BCUT2D eigenvalue weighted by atomic mass is 10.1. The van der Waals surface area contributed by atoms with Crippen LogP contribution in [0.4, 0.5) is 11.4 Å². The standard InChI is InChI=1S/C19H28ClN3O3S/c20-16-8-9-18(22-10-2-1-3-11-22)17(15-16)21-19(24)7-6-14-27(25,26)23-12-4-5-13-23/h8-9,15H,1-7,10-14H2,(H,21,24). The summed E-state index contributed by atoms with van der Waals surface area (Å²) in [6, 6.07) is 5.55. The molecule has 0 radical (unpaired) electrons. The molecule has 8 heteroatoms. The second-order valence-corrected chi connectivity index (χ2v) is 9.81. The van der Waals surface area contributed by atoms with Crippen molar-refractivity contribution in [2.75, 3.05) is 42.1 Å². The molecule has 0 aliphatic carbocycles. The molecule has 2 heterocycles. The second kappa shape index (κ2) is 9.26. The van der Waals surface area contributed by atoms with Gasteiger partial charge in [0.1, 0.15) is 0 Å². The first-order valence-corrected chi connectivity index (χ1v) is 11.8. The van der Waals surface area contributed by atoms with Crippen LogP contribution in [0.1, 0.15) is 44.9 Å². The van der Waals surface area contributed by atoms with Crippen molar-refractivity contribution in [3.05, 3.63) is 23.2 Å². The molecule has 2 fully saturated rings. The fourth-order valence-corrected chi connectivity index (χ4v) is 5.50. The van der Waals surface area contributed by atoms with Gasteiger partial charge in [-0.2, -0.15) is 0 Å². The minimum Gasteiger partial charge on any atom is -0.370 e. The van der Waals surface area contributed by atoms with Gasteiger partial charge in [-0.05, 0) is 56.7 Å². The van der Waals surface area contributed by atoms with Crippen LogP contribution in [0.25, 0.3) is 0 Å². The van der Waals surface area contributed by atoms with Gasteiger partial charge in [0.15, 0.2) is 0 Å². The summed E-state index contributed by atoms with van der Waals surface area (Å²) >= 11 is 6.12. The molecular weight excluding hydrogens is 386 g/mol. The summed E-state index contributed by atoms with van der Waals surface area (Å²) in [6.45, 7) is 3.16. The van der Waals surface area contributed by atoms with Gasteiger partial charge < -0.3 is 10.2 Å². The summed E-state index contributed by atoms with van der Waals surface area (Å²) in [7, 11) is -3.24. The van der Waals surface area contributed by atoms with Gasteiger partial charge in [-0.1, -0.05) is 11.6 Å². The normalized spacial score (nSPS) is 18.6. The van der Waals surface area contributed by atoms with E-state index in [1.54, 1.807) is 6.07 Å². The number of piperidine rings is 1. The maximum absolute atomic E-state index is 12.4. The van der Waals surface area contributed by atoms with E-state index in [2.05, 4.69) is 10.2 Å². The summed E-state index contributed by atoms with van der Waals surface area (Å²) < 4.78 is 26.0. The first kappa shape index (κ1) is 20.4.